The summed E-state index contributed by atoms with van der Waals surface area (Å²) < 4.78 is 2.18. The van der Waals surface area contributed by atoms with E-state index in [-0.39, 0.29) is 0 Å². The van der Waals surface area contributed by atoms with E-state index in [9.17, 15) is 0 Å². The van der Waals surface area contributed by atoms with Gasteiger partial charge >= 0.3 is 0 Å². The van der Waals surface area contributed by atoms with Gasteiger partial charge in [0.15, 0.2) is 0 Å². The number of rotatable bonds is 6. The van der Waals surface area contributed by atoms with Crippen molar-refractivity contribution in [3.05, 3.63) is 83.2 Å². The lowest BCUT2D eigenvalue weighted by Gasteiger charge is -2.29. The largest absolute Gasteiger partial charge is 0.366 e. The van der Waals surface area contributed by atoms with Gasteiger partial charge in [0.2, 0.25) is 5.95 Å². The van der Waals surface area contributed by atoms with Crippen LogP contribution in [0, 0.1) is 6.92 Å². The Hall–Kier alpha value is -3.18. The van der Waals surface area contributed by atoms with Crippen molar-refractivity contribution in [1.29, 1.82) is 0 Å². The molecule has 0 aliphatic carbocycles. The van der Waals surface area contributed by atoms with E-state index in [0.717, 1.165) is 62.0 Å². The van der Waals surface area contributed by atoms with E-state index < -0.39 is 0 Å². The molecule has 2 aromatic heterocycles. The molecule has 0 atom stereocenters. The van der Waals surface area contributed by atoms with Crippen molar-refractivity contribution >= 4 is 16.7 Å². The summed E-state index contributed by atoms with van der Waals surface area (Å²) in [6, 6.07) is 21.2. The van der Waals surface area contributed by atoms with E-state index in [1.54, 1.807) is 0 Å². The molecule has 5 nitrogen and oxygen atoms in total. The van der Waals surface area contributed by atoms with Crippen molar-refractivity contribution in [1.82, 2.24) is 19.4 Å². The molecule has 0 saturated heterocycles. The molecular formula is C26H29N5. The van der Waals surface area contributed by atoms with Crippen LogP contribution in [0.25, 0.3) is 16.9 Å². The van der Waals surface area contributed by atoms with Crippen LogP contribution in [0.1, 0.15) is 35.9 Å². The van der Waals surface area contributed by atoms with Gasteiger partial charge in [-0.05, 0) is 37.6 Å². The number of aromatic nitrogens is 3. The van der Waals surface area contributed by atoms with Gasteiger partial charge in [-0.1, -0.05) is 55.5 Å². The van der Waals surface area contributed by atoms with Crippen LogP contribution in [0.2, 0.25) is 0 Å². The third-order valence-corrected chi connectivity index (χ3v) is 6.06. The molecule has 5 heteroatoms. The van der Waals surface area contributed by atoms with Crippen molar-refractivity contribution in [3.8, 4) is 5.95 Å². The summed E-state index contributed by atoms with van der Waals surface area (Å²) in [5, 5.41) is 4.85. The predicted octanol–water partition coefficient (Wildman–Crippen LogP) is 5.11. The van der Waals surface area contributed by atoms with E-state index in [2.05, 4.69) is 89.3 Å². The second-order valence-electron chi connectivity index (χ2n) is 8.34. The monoisotopic (exact) mass is 411 g/mol. The first-order chi connectivity index (χ1) is 15.2. The minimum Gasteiger partial charge on any atom is -0.366 e. The summed E-state index contributed by atoms with van der Waals surface area (Å²) in [5.74, 6) is 1.72. The van der Waals surface area contributed by atoms with E-state index in [1.807, 2.05) is 0 Å². The van der Waals surface area contributed by atoms with Crippen molar-refractivity contribution < 1.29 is 0 Å². The number of fused-ring (bicyclic) bond motifs is 2. The third-order valence-electron chi connectivity index (χ3n) is 6.06. The molecule has 2 aromatic carbocycles. The van der Waals surface area contributed by atoms with Crippen LogP contribution in [-0.4, -0.2) is 32.5 Å². The zero-order valence-corrected chi connectivity index (χ0v) is 18.3. The van der Waals surface area contributed by atoms with Crippen LogP contribution in [0.15, 0.2) is 60.7 Å². The van der Waals surface area contributed by atoms with E-state index in [4.69, 9.17) is 9.97 Å². The molecule has 3 heterocycles. The molecule has 4 aromatic rings. The number of nitrogens with one attached hydrogen (secondary N) is 1. The lowest BCUT2D eigenvalue weighted by molar-refractivity contribution is 0.252. The second-order valence-corrected chi connectivity index (χ2v) is 8.34. The van der Waals surface area contributed by atoms with E-state index >= 15 is 0 Å². The average Bonchev–Trinajstić information content (AvgIpc) is 3.14. The first-order valence-corrected chi connectivity index (χ1v) is 11.2. The van der Waals surface area contributed by atoms with Crippen LogP contribution in [0.5, 0.6) is 0 Å². The molecule has 0 bridgehead atoms. The number of hydrogen-bond acceptors (Lipinski definition) is 4. The number of anilines is 1. The molecule has 31 heavy (non-hydrogen) atoms. The minimum absolute atomic E-state index is 0.753. The molecule has 0 saturated carbocycles. The van der Waals surface area contributed by atoms with Crippen LogP contribution >= 0.6 is 0 Å². The van der Waals surface area contributed by atoms with Gasteiger partial charge in [0.05, 0.1) is 11.2 Å². The maximum absolute atomic E-state index is 5.06. The first-order valence-electron chi connectivity index (χ1n) is 11.2. The molecule has 1 aliphatic rings. The molecule has 1 N–H and O–H groups in total. The molecule has 0 amide bonds. The molecule has 5 rings (SSSR count). The quantitative estimate of drug-likeness (QED) is 0.479. The Bertz CT molecular complexity index is 1200. The lowest BCUT2D eigenvalue weighted by Crippen LogP contribution is -2.33. The van der Waals surface area contributed by atoms with Crippen molar-refractivity contribution in [2.45, 2.75) is 39.8 Å². The van der Waals surface area contributed by atoms with Crippen LogP contribution in [0.4, 0.5) is 5.82 Å². The number of benzene rings is 2. The molecular weight excluding hydrogens is 382 g/mol. The highest BCUT2D eigenvalue weighted by atomic mass is 15.2. The predicted molar refractivity (Wildman–Crippen MR) is 127 cm³/mol. The zero-order chi connectivity index (χ0) is 21.2. The summed E-state index contributed by atoms with van der Waals surface area (Å²) in [6.45, 7) is 8.20. The lowest BCUT2D eigenvalue weighted by atomic mass is 10.1. The molecule has 158 valence electrons. The van der Waals surface area contributed by atoms with Gasteiger partial charge < -0.3 is 5.32 Å². The van der Waals surface area contributed by atoms with Crippen LogP contribution in [0.3, 0.4) is 0 Å². The highest BCUT2D eigenvalue weighted by molar-refractivity contribution is 5.82. The Morgan fingerprint density at radius 1 is 1.00 bits per heavy atom. The van der Waals surface area contributed by atoms with Gasteiger partial charge in [-0.25, -0.2) is 4.98 Å². The van der Waals surface area contributed by atoms with Crippen molar-refractivity contribution in [2.24, 2.45) is 0 Å². The van der Waals surface area contributed by atoms with Crippen LogP contribution < -0.4 is 5.32 Å². The summed E-state index contributed by atoms with van der Waals surface area (Å²) in [6.07, 6.45) is 2.12. The summed E-state index contributed by atoms with van der Waals surface area (Å²) in [4.78, 5) is 12.6. The maximum atomic E-state index is 5.06. The van der Waals surface area contributed by atoms with Crippen LogP contribution in [-0.2, 0) is 19.5 Å². The van der Waals surface area contributed by atoms with Crippen molar-refractivity contribution in [2.75, 3.05) is 18.4 Å². The van der Waals surface area contributed by atoms with Gasteiger partial charge in [0.25, 0.3) is 0 Å². The van der Waals surface area contributed by atoms with Gasteiger partial charge in [0, 0.05) is 42.7 Å². The topological polar surface area (TPSA) is 46.0 Å². The SMILES string of the molecule is CCCN1CCc2nc(-n3c(C)cc4ccccc43)nc(NCc3ccccc3)c2C1. The Balaban J connectivity index is 1.58. The number of nitrogens with zero attached hydrogens (tertiary/aromatic N) is 4. The summed E-state index contributed by atoms with van der Waals surface area (Å²) in [5.41, 5.74) is 5.97. The fourth-order valence-corrected chi connectivity index (χ4v) is 4.55. The molecule has 1 aliphatic heterocycles. The number of aryl methyl sites for hydroxylation is 1. The zero-order valence-electron chi connectivity index (χ0n) is 18.3. The molecule has 0 fully saturated rings. The second kappa shape index (κ2) is 8.52. The fraction of sp³-hybridized carbons (Fsp3) is 0.308. The molecule has 0 radical (unpaired) electrons. The Morgan fingerprint density at radius 3 is 2.65 bits per heavy atom. The average molecular weight is 412 g/mol. The first kappa shape index (κ1) is 19.8. The highest BCUT2D eigenvalue weighted by Gasteiger charge is 2.23. The standard InChI is InChI=1S/C26H29N5/c1-3-14-30-15-13-23-22(18-30)25(27-17-20-9-5-4-6-10-20)29-26(28-23)31-19(2)16-21-11-7-8-12-24(21)31/h4-12,16H,3,13-15,17-18H2,1-2H3,(H,27,28,29). The molecule has 0 unspecified atom stereocenters. The van der Waals surface area contributed by atoms with Gasteiger partial charge in [-0.3, -0.25) is 9.47 Å². The Morgan fingerprint density at radius 2 is 1.81 bits per heavy atom. The fourth-order valence-electron chi connectivity index (χ4n) is 4.55. The highest BCUT2D eigenvalue weighted by Crippen LogP contribution is 2.28. The Labute approximate surface area is 183 Å². The van der Waals surface area contributed by atoms with Crippen molar-refractivity contribution in [3.63, 3.8) is 0 Å². The van der Waals surface area contributed by atoms with Gasteiger partial charge in [0.1, 0.15) is 5.82 Å². The number of hydrogen-bond donors (Lipinski definition) is 1. The Kier molecular flexibility index (Phi) is 5.43. The summed E-state index contributed by atoms with van der Waals surface area (Å²) in [7, 11) is 0. The van der Waals surface area contributed by atoms with Gasteiger partial charge in [-0.2, -0.15) is 4.98 Å². The summed E-state index contributed by atoms with van der Waals surface area (Å²) >= 11 is 0. The van der Waals surface area contributed by atoms with E-state index in [1.165, 1.54) is 22.2 Å². The molecule has 0 spiro atoms. The smallest absolute Gasteiger partial charge is 0.236 e. The normalized spacial score (nSPS) is 14.0. The third kappa shape index (κ3) is 3.93. The van der Waals surface area contributed by atoms with E-state index in [0.29, 0.717) is 0 Å². The number of para-hydroxylation sites is 1. The van der Waals surface area contributed by atoms with Gasteiger partial charge in [-0.15, -0.1) is 0 Å². The minimum atomic E-state index is 0.753. The maximum Gasteiger partial charge on any atom is 0.236 e.